The molecule has 90 valence electrons. The zero-order chi connectivity index (χ0) is 13.0. The monoisotopic (exact) mass is 244 g/mol. The molecule has 0 heterocycles. The maximum Gasteiger partial charge on any atom is 0.223 e. The molecule has 3 heteroatoms. The Bertz CT molecular complexity index is 571. The Labute approximate surface area is 103 Å². The van der Waals surface area contributed by atoms with E-state index in [1.165, 1.54) is 12.1 Å². The normalized spacial score (nSPS) is 11.3. The van der Waals surface area contributed by atoms with Crippen molar-refractivity contribution >= 4 is 5.78 Å². The van der Waals surface area contributed by atoms with E-state index in [1.807, 2.05) is 30.3 Å². The molecule has 0 spiro atoms. The van der Waals surface area contributed by atoms with Crippen LogP contribution in [-0.2, 0) is 0 Å². The average molecular weight is 244 g/mol. The van der Waals surface area contributed by atoms with Crippen LogP contribution in [0.3, 0.4) is 0 Å². The molecule has 0 amide bonds. The number of rotatable bonds is 3. The van der Waals surface area contributed by atoms with Gasteiger partial charge in [0.25, 0.3) is 0 Å². The Balaban J connectivity index is 2.29. The Hall–Kier alpha value is -2.29. The first kappa shape index (κ1) is 12.2. The third-order valence-electron chi connectivity index (χ3n) is 2.57. The summed E-state index contributed by atoms with van der Waals surface area (Å²) in [7, 11) is 0. The van der Waals surface area contributed by atoms with Gasteiger partial charge >= 0.3 is 0 Å². The highest BCUT2D eigenvalue weighted by atomic mass is 19.2. The molecule has 0 saturated carbocycles. The summed E-state index contributed by atoms with van der Waals surface area (Å²) in [6.45, 7) is 0. The van der Waals surface area contributed by atoms with E-state index < -0.39 is 11.6 Å². The second-order valence-corrected chi connectivity index (χ2v) is 3.73. The largest absolute Gasteiger partial charge is 0.286 e. The number of carbonyl (C=O) groups excluding carboxylic acids is 1. The third-order valence-corrected chi connectivity index (χ3v) is 2.57. The summed E-state index contributed by atoms with van der Waals surface area (Å²) < 4.78 is 24.7. The molecule has 0 unspecified atom stereocenters. The first-order chi connectivity index (χ1) is 8.72. The summed E-state index contributed by atoms with van der Waals surface area (Å²) in [5, 5.41) is 0. The zero-order valence-corrected chi connectivity index (χ0v) is 9.44. The number of carbonyl (C=O) groups is 1. The summed E-state index contributed by atoms with van der Waals surface area (Å²) in [6.07, 6.45) is -0.326. The van der Waals surface area contributed by atoms with Crippen LogP contribution in [0.4, 0.5) is 8.78 Å². The molecule has 0 bridgehead atoms. The van der Waals surface area contributed by atoms with Crippen LogP contribution in [0.15, 0.2) is 66.8 Å². The highest BCUT2D eigenvalue weighted by Gasteiger charge is 2.11. The van der Waals surface area contributed by atoms with Gasteiger partial charge in [0.05, 0.1) is 0 Å². The Morgan fingerprint density at radius 2 is 1.44 bits per heavy atom. The van der Waals surface area contributed by atoms with E-state index in [1.54, 1.807) is 12.1 Å². The molecule has 2 aromatic rings. The van der Waals surface area contributed by atoms with E-state index in [0.717, 1.165) is 11.1 Å². The van der Waals surface area contributed by atoms with E-state index in [2.05, 4.69) is 0 Å². The highest BCUT2D eigenvalue weighted by molar-refractivity contribution is 6.07. The van der Waals surface area contributed by atoms with Crippen LogP contribution in [-0.4, -0.2) is 5.78 Å². The van der Waals surface area contributed by atoms with Gasteiger partial charge in [-0.15, -0.1) is 0 Å². The fourth-order valence-corrected chi connectivity index (χ4v) is 1.63. The molecule has 18 heavy (non-hydrogen) atoms. The van der Waals surface area contributed by atoms with E-state index in [9.17, 15) is 13.6 Å². The van der Waals surface area contributed by atoms with Gasteiger partial charge in [0, 0.05) is 5.56 Å². The quantitative estimate of drug-likeness (QED) is 0.580. The molecule has 2 rings (SSSR count). The van der Waals surface area contributed by atoms with Gasteiger partial charge in [-0.05, 0) is 11.1 Å². The third kappa shape index (κ3) is 2.51. The Morgan fingerprint density at radius 1 is 0.889 bits per heavy atom. The van der Waals surface area contributed by atoms with Crippen LogP contribution in [0.5, 0.6) is 0 Å². The molecule has 0 fully saturated rings. The van der Waals surface area contributed by atoms with Gasteiger partial charge in [-0.2, -0.15) is 0 Å². The van der Waals surface area contributed by atoms with Crippen LogP contribution in [0, 0.1) is 0 Å². The van der Waals surface area contributed by atoms with Crippen LogP contribution in [0.2, 0.25) is 0 Å². The zero-order valence-electron chi connectivity index (χ0n) is 9.44. The SMILES string of the molecule is O=C(/C(F)=C/F)c1ccc(-c2ccccc2)cc1. The van der Waals surface area contributed by atoms with Gasteiger partial charge in [0.1, 0.15) is 6.33 Å². The molecule has 0 atom stereocenters. The maximum atomic E-state index is 12.8. The minimum atomic E-state index is -1.39. The van der Waals surface area contributed by atoms with Crippen molar-refractivity contribution in [2.45, 2.75) is 0 Å². The standard InChI is InChI=1S/C15H10F2O/c16-10-14(17)15(18)13-8-6-12(7-9-13)11-4-2-1-3-5-11/h1-10H/b14-10-. The molecule has 0 radical (unpaired) electrons. The molecule has 0 aromatic heterocycles. The molecule has 1 nitrogen and oxygen atoms in total. The van der Waals surface area contributed by atoms with Gasteiger partial charge in [-0.25, -0.2) is 8.78 Å². The smallest absolute Gasteiger partial charge is 0.223 e. The van der Waals surface area contributed by atoms with Crippen molar-refractivity contribution in [3.8, 4) is 11.1 Å². The summed E-state index contributed by atoms with van der Waals surface area (Å²) in [4.78, 5) is 11.3. The predicted molar refractivity (Wildman–Crippen MR) is 66.5 cm³/mol. The van der Waals surface area contributed by atoms with Gasteiger partial charge < -0.3 is 0 Å². The fourth-order valence-electron chi connectivity index (χ4n) is 1.63. The van der Waals surface area contributed by atoms with Crippen LogP contribution in [0.1, 0.15) is 10.4 Å². The lowest BCUT2D eigenvalue weighted by Crippen LogP contribution is -1.98. The van der Waals surface area contributed by atoms with Crippen molar-refractivity contribution in [2.24, 2.45) is 0 Å². The van der Waals surface area contributed by atoms with Crippen molar-refractivity contribution in [1.29, 1.82) is 0 Å². The van der Waals surface area contributed by atoms with E-state index in [0.29, 0.717) is 0 Å². The summed E-state index contributed by atoms with van der Waals surface area (Å²) >= 11 is 0. The van der Waals surface area contributed by atoms with Crippen LogP contribution < -0.4 is 0 Å². The molecular weight excluding hydrogens is 234 g/mol. The van der Waals surface area contributed by atoms with Crippen molar-refractivity contribution in [3.63, 3.8) is 0 Å². The van der Waals surface area contributed by atoms with E-state index in [4.69, 9.17) is 0 Å². The fraction of sp³-hybridized carbons (Fsp3) is 0. The molecule has 0 saturated heterocycles. The summed E-state index contributed by atoms with van der Waals surface area (Å²) in [5.74, 6) is -2.33. The lowest BCUT2D eigenvalue weighted by Gasteiger charge is -2.02. The highest BCUT2D eigenvalue weighted by Crippen LogP contribution is 2.20. The lowest BCUT2D eigenvalue weighted by atomic mass is 10.0. The second kappa shape index (κ2) is 5.36. The topological polar surface area (TPSA) is 17.1 Å². The molecular formula is C15H10F2O. The Morgan fingerprint density at radius 3 is 2.00 bits per heavy atom. The van der Waals surface area contributed by atoms with Gasteiger partial charge in [0.15, 0.2) is 5.83 Å². The predicted octanol–water partition coefficient (Wildman–Crippen LogP) is 4.32. The van der Waals surface area contributed by atoms with Gasteiger partial charge in [-0.1, -0.05) is 54.6 Å². The van der Waals surface area contributed by atoms with Gasteiger partial charge in [-0.3, -0.25) is 4.79 Å². The number of ketones is 1. The number of Topliss-reactive ketones (excluding diaryl/α,β-unsaturated/α-hetero) is 1. The maximum absolute atomic E-state index is 12.8. The van der Waals surface area contributed by atoms with Crippen molar-refractivity contribution in [3.05, 3.63) is 72.3 Å². The second-order valence-electron chi connectivity index (χ2n) is 3.73. The average Bonchev–Trinajstić information content (AvgIpc) is 2.47. The van der Waals surface area contributed by atoms with Crippen LogP contribution in [0.25, 0.3) is 11.1 Å². The van der Waals surface area contributed by atoms with E-state index in [-0.39, 0.29) is 11.9 Å². The number of benzene rings is 2. The summed E-state index contributed by atoms with van der Waals surface area (Å²) in [6, 6.07) is 15.9. The molecule has 0 aliphatic heterocycles. The Kier molecular flexibility index (Phi) is 3.63. The number of hydrogen-bond acceptors (Lipinski definition) is 1. The molecule has 0 aliphatic carbocycles. The number of hydrogen-bond donors (Lipinski definition) is 0. The lowest BCUT2D eigenvalue weighted by molar-refractivity contribution is 0.100. The molecule has 0 aliphatic rings. The molecule has 0 N–H and O–H groups in total. The number of halogens is 2. The van der Waals surface area contributed by atoms with Crippen molar-refractivity contribution < 1.29 is 13.6 Å². The van der Waals surface area contributed by atoms with Crippen LogP contribution >= 0.6 is 0 Å². The van der Waals surface area contributed by atoms with Gasteiger partial charge in [0.2, 0.25) is 5.78 Å². The minimum absolute atomic E-state index is 0.126. The van der Waals surface area contributed by atoms with E-state index >= 15 is 0 Å². The minimum Gasteiger partial charge on any atom is -0.286 e. The van der Waals surface area contributed by atoms with Crippen molar-refractivity contribution in [2.75, 3.05) is 0 Å². The van der Waals surface area contributed by atoms with Crippen molar-refractivity contribution in [1.82, 2.24) is 0 Å². The first-order valence-corrected chi connectivity index (χ1v) is 5.38. The molecule has 2 aromatic carbocycles. The first-order valence-electron chi connectivity index (χ1n) is 5.38. The number of allylic oxidation sites excluding steroid dienone is 1. The summed E-state index contributed by atoms with van der Waals surface area (Å²) in [5.41, 5.74) is 2.04.